The van der Waals surface area contributed by atoms with Crippen LogP contribution in [0.5, 0.6) is 0 Å². The molecule has 0 saturated heterocycles. The highest BCUT2D eigenvalue weighted by Crippen LogP contribution is 2.48. The van der Waals surface area contributed by atoms with Crippen LogP contribution in [0, 0.1) is 0 Å². The number of anilines is 1. The quantitative estimate of drug-likeness (QED) is 0.673. The summed E-state index contributed by atoms with van der Waals surface area (Å²) < 4.78 is 16.1. The van der Waals surface area contributed by atoms with Crippen LogP contribution < -0.4 is 10.5 Å². The van der Waals surface area contributed by atoms with Crippen LogP contribution in [0.3, 0.4) is 0 Å². The summed E-state index contributed by atoms with van der Waals surface area (Å²) in [5.74, 6) is 1.15. The molecule has 160 valence electrons. The Labute approximate surface area is 178 Å². The molecule has 1 N–H and O–H groups in total. The van der Waals surface area contributed by atoms with E-state index in [1.165, 1.54) is 0 Å². The van der Waals surface area contributed by atoms with Crippen LogP contribution in [0.15, 0.2) is 16.4 Å². The third kappa shape index (κ3) is 3.33. The van der Waals surface area contributed by atoms with E-state index in [0.717, 1.165) is 29.5 Å². The van der Waals surface area contributed by atoms with Crippen LogP contribution in [0.4, 0.5) is 9.52 Å². The summed E-state index contributed by atoms with van der Waals surface area (Å²) in [6, 6.07) is 0.0897. The zero-order valence-corrected chi connectivity index (χ0v) is 18.4. The Morgan fingerprint density at radius 1 is 1.20 bits per heavy atom. The molecular formula is C21H27FN6OS. The molecule has 0 bridgehead atoms. The smallest absolute Gasteiger partial charge is 0.262 e. The fraction of sp³-hybridized carbons (Fsp3) is 0.619. The summed E-state index contributed by atoms with van der Waals surface area (Å²) in [4.78, 5) is 27.4. The summed E-state index contributed by atoms with van der Waals surface area (Å²) >= 11 is 1.64. The van der Waals surface area contributed by atoms with Crippen molar-refractivity contribution in [3.63, 3.8) is 0 Å². The number of H-pyrrole nitrogens is 1. The average molecular weight is 431 g/mol. The molecule has 3 heterocycles. The van der Waals surface area contributed by atoms with E-state index in [0.29, 0.717) is 36.7 Å². The van der Waals surface area contributed by atoms with Crippen molar-refractivity contribution in [2.45, 2.75) is 69.0 Å². The zero-order valence-electron chi connectivity index (χ0n) is 17.6. The van der Waals surface area contributed by atoms with Gasteiger partial charge in [-0.05, 0) is 45.4 Å². The highest BCUT2D eigenvalue weighted by atomic mass is 32.1. The third-order valence-corrected chi connectivity index (χ3v) is 7.75. The number of nitrogens with zero attached hydrogens (tertiary/aromatic N) is 5. The summed E-state index contributed by atoms with van der Waals surface area (Å²) in [5.41, 5.74) is 0.447. The van der Waals surface area contributed by atoms with Gasteiger partial charge in [-0.15, -0.1) is 11.3 Å². The third-order valence-electron chi connectivity index (χ3n) is 6.72. The first-order valence-electron chi connectivity index (χ1n) is 10.6. The van der Waals surface area contributed by atoms with E-state index in [4.69, 9.17) is 9.97 Å². The van der Waals surface area contributed by atoms with E-state index in [1.807, 2.05) is 23.7 Å². The Kier molecular flexibility index (Phi) is 4.68. The van der Waals surface area contributed by atoms with Crippen LogP contribution in [0.2, 0.25) is 0 Å². The molecule has 7 nitrogen and oxygen atoms in total. The molecule has 30 heavy (non-hydrogen) atoms. The fourth-order valence-corrected chi connectivity index (χ4v) is 5.50. The summed E-state index contributed by atoms with van der Waals surface area (Å²) in [7, 11) is 3.98. The lowest BCUT2D eigenvalue weighted by molar-refractivity contribution is 0.103. The van der Waals surface area contributed by atoms with Crippen molar-refractivity contribution in [3.8, 4) is 0 Å². The molecule has 2 saturated carbocycles. The molecule has 2 aliphatic rings. The van der Waals surface area contributed by atoms with Crippen molar-refractivity contribution < 1.29 is 4.39 Å². The van der Waals surface area contributed by atoms with Crippen molar-refractivity contribution in [1.82, 2.24) is 24.7 Å². The number of halogens is 1. The van der Waals surface area contributed by atoms with Crippen LogP contribution in [-0.2, 0) is 0 Å². The summed E-state index contributed by atoms with van der Waals surface area (Å²) in [6.07, 6.45) is 6.06. The van der Waals surface area contributed by atoms with Crippen LogP contribution in [-0.4, -0.2) is 44.5 Å². The van der Waals surface area contributed by atoms with Crippen molar-refractivity contribution in [3.05, 3.63) is 33.4 Å². The Hall–Kier alpha value is -2.29. The number of hydrogen-bond acceptors (Lipinski definition) is 6. The van der Waals surface area contributed by atoms with Gasteiger partial charge in [-0.25, -0.2) is 19.0 Å². The number of rotatable bonds is 4. The standard InChI is InChI=1S/C21H27FN6OS/c1-21(22)8-6-12(7-9-21)28-18-15(10-23-28)19(29)26-17(25-18)14-5-4-13(14)16-11-30-20(24-16)27(2)3/h10-14H,4-9H2,1-3H3,(H,25,26,29)/t12?,13?,14-,21?/m0/s1. The summed E-state index contributed by atoms with van der Waals surface area (Å²) in [5, 5.41) is 8.08. The highest BCUT2D eigenvalue weighted by Gasteiger charge is 2.38. The second-order valence-corrected chi connectivity index (χ2v) is 10.00. The number of aromatic amines is 1. The van der Waals surface area contributed by atoms with Gasteiger partial charge in [0, 0.05) is 31.3 Å². The first kappa shape index (κ1) is 19.7. The second-order valence-electron chi connectivity index (χ2n) is 9.16. The minimum absolute atomic E-state index is 0.0897. The summed E-state index contributed by atoms with van der Waals surface area (Å²) in [6.45, 7) is 1.67. The van der Waals surface area contributed by atoms with Crippen molar-refractivity contribution in [2.24, 2.45) is 0 Å². The molecule has 9 heteroatoms. The van der Waals surface area contributed by atoms with Crippen LogP contribution in [0.25, 0.3) is 11.0 Å². The van der Waals surface area contributed by atoms with Crippen molar-refractivity contribution in [2.75, 3.05) is 19.0 Å². The molecule has 3 aromatic rings. The Bertz CT molecular complexity index is 1120. The molecule has 3 aromatic heterocycles. The SMILES string of the molecule is CN(C)c1nc(C2CC[C@@H]2c2nc3c(cnn3C3CCC(C)(F)CC3)c(=O)[nH]2)cs1. The van der Waals surface area contributed by atoms with E-state index >= 15 is 0 Å². The molecule has 0 spiro atoms. The molecule has 2 aliphatic carbocycles. The largest absolute Gasteiger partial charge is 0.354 e. The van der Waals surface area contributed by atoms with Crippen molar-refractivity contribution in [1.29, 1.82) is 0 Å². The Morgan fingerprint density at radius 3 is 2.57 bits per heavy atom. The Balaban J connectivity index is 1.46. The Morgan fingerprint density at radius 2 is 1.93 bits per heavy atom. The maximum Gasteiger partial charge on any atom is 0.262 e. The van der Waals surface area contributed by atoms with Gasteiger partial charge in [-0.3, -0.25) is 4.79 Å². The predicted octanol–water partition coefficient (Wildman–Crippen LogP) is 4.15. The van der Waals surface area contributed by atoms with Gasteiger partial charge >= 0.3 is 0 Å². The normalized spacial score (nSPS) is 29.1. The van der Waals surface area contributed by atoms with Gasteiger partial charge in [-0.2, -0.15) is 5.10 Å². The second kappa shape index (κ2) is 7.14. The van der Waals surface area contributed by atoms with E-state index in [-0.39, 0.29) is 23.4 Å². The number of thiazole rings is 1. The first-order chi connectivity index (χ1) is 14.3. The highest BCUT2D eigenvalue weighted by molar-refractivity contribution is 7.13. The fourth-order valence-electron chi connectivity index (χ4n) is 4.68. The number of nitrogens with one attached hydrogen (secondary N) is 1. The van der Waals surface area contributed by atoms with Crippen molar-refractivity contribution >= 4 is 27.5 Å². The van der Waals surface area contributed by atoms with Gasteiger partial charge in [0.15, 0.2) is 10.8 Å². The molecule has 0 aliphatic heterocycles. The molecule has 1 unspecified atom stereocenters. The van der Waals surface area contributed by atoms with Gasteiger partial charge in [0.25, 0.3) is 5.56 Å². The van der Waals surface area contributed by atoms with Gasteiger partial charge in [0.2, 0.25) is 0 Å². The van der Waals surface area contributed by atoms with Crippen LogP contribution >= 0.6 is 11.3 Å². The maximum atomic E-state index is 14.2. The van der Waals surface area contributed by atoms with Gasteiger partial charge in [0.1, 0.15) is 16.9 Å². The monoisotopic (exact) mass is 430 g/mol. The maximum absolute atomic E-state index is 14.2. The lowest BCUT2D eigenvalue weighted by Gasteiger charge is -2.34. The van der Waals surface area contributed by atoms with Gasteiger partial charge in [0.05, 0.1) is 17.9 Å². The lowest BCUT2D eigenvalue weighted by atomic mass is 9.71. The predicted molar refractivity (Wildman–Crippen MR) is 116 cm³/mol. The molecule has 5 rings (SSSR count). The number of hydrogen-bond donors (Lipinski definition) is 1. The zero-order chi connectivity index (χ0) is 21.0. The molecular weight excluding hydrogens is 403 g/mol. The van der Waals surface area contributed by atoms with E-state index in [1.54, 1.807) is 24.5 Å². The van der Waals surface area contributed by atoms with Crippen LogP contribution in [0.1, 0.15) is 74.8 Å². The number of alkyl halides is 1. The topological polar surface area (TPSA) is 79.7 Å². The molecule has 0 radical (unpaired) electrons. The molecule has 2 fully saturated rings. The number of fused-ring (bicyclic) bond motifs is 1. The first-order valence-corrected chi connectivity index (χ1v) is 11.5. The van der Waals surface area contributed by atoms with Gasteiger partial charge < -0.3 is 9.88 Å². The van der Waals surface area contributed by atoms with Gasteiger partial charge in [-0.1, -0.05) is 0 Å². The molecule has 2 atom stereocenters. The van der Waals surface area contributed by atoms with E-state index in [9.17, 15) is 9.18 Å². The lowest BCUT2D eigenvalue weighted by Crippen LogP contribution is -2.29. The van der Waals surface area contributed by atoms with E-state index in [2.05, 4.69) is 15.5 Å². The van der Waals surface area contributed by atoms with E-state index < -0.39 is 5.67 Å². The molecule has 0 amide bonds. The molecule has 0 aromatic carbocycles. The average Bonchev–Trinajstić information content (AvgIpc) is 3.29. The minimum Gasteiger partial charge on any atom is -0.354 e. The number of aromatic nitrogens is 5. The minimum atomic E-state index is -1.10.